The summed E-state index contributed by atoms with van der Waals surface area (Å²) in [7, 11) is 5.91. The van der Waals surface area contributed by atoms with Crippen LogP contribution in [0.2, 0.25) is 0 Å². The van der Waals surface area contributed by atoms with Crippen molar-refractivity contribution in [3.8, 4) is 0 Å². The first-order valence-corrected chi connectivity index (χ1v) is 21.3. The van der Waals surface area contributed by atoms with Gasteiger partial charge in [0.15, 0.2) is 6.10 Å². The second-order valence-corrected chi connectivity index (χ2v) is 14.9. The zero-order chi connectivity index (χ0) is 41.4. The highest BCUT2D eigenvalue weighted by molar-refractivity contribution is 5.71. The molecule has 0 aromatic heterocycles. The van der Waals surface area contributed by atoms with Crippen LogP contribution >= 0.6 is 0 Å². The Labute approximate surface area is 340 Å². The number of rotatable bonds is 37. The molecule has 0 heterocycles. The van der Waals surface area contributed by atoms with Crippen molar-refractivity contribution in [1.29, 1.82) is 0 Å². The number of carbonyl (C=O) groups is 3. The number of carbonyl (C=O) groups excluding carboxylic acids is 2. The van der Waals surface area contributed by atoms with Gasteiger partial charge in [0, 0.05) is 12.8 Å². The number of hydrogen-bond donors (Lipinski definition) is 1. The molecule has 0 bridgehead atoms. The summed E-state index contributed by atoms with van der Waals surface area (Å²) in [4.78, 5) is 37.0. The molecule has 56 heavy (non-hydrogen) atoms. The van der Waals surface area contributed by atoms with Crippen molar-refractivity contribution in [1.82, 2.24) is 0 Å². The molecule has 0 saturated heterocycles. The normalized spacial score (nSPS) is 13.8. The van der Waals surface area contributed by atoms with Crippen LogP contribution in [0.4, 0.5) is 0 Å². The van der Waals surface area contributed by atoms with Crippen LogP contribution in [0.1, 0.15) is 136 Å². The average molecular weight is 785 g/mol. The topological polar surface area (TPSA) is 108 Å². The van der Waals surface area contributed by atoms with E-state index in [-0.39, 0.29) is 38.6 Å². The van der Waals surface area contributed by atoms with Crippen LogP contribution in [0.3, 0.4) is 0 Å². The standard InChI is InChI=1S/C47H77NO8/c1-6-8-10-12-14-16-18-20-21-22-23-24-25-26-28-30-32-34-36-38-45(50)56-43(42-55-47(46(51)52)53-40-39-48(3,4)5)41-54-44(49)37-35-33-31-29-27-19-17-15-13-11-9-7-2/h8,10,14-17,20-21,23-24,26,28,32,34,43,47H,6-7,9,11-13,18-19,22,25,27,29-31,33,35-42H2,1-5H3/p+1/b10-8-,16-14-,17-15-,21-20-,24-23-,28-26-,34-32-. The molecule has 0 rings (SSSR count). The number of unbranched alkanes of at least 4 members (excludes halogenated alkanes) is 8. The third-order valence-corrected chi connectivity index (χ3v) is 8.40. The highest BCUT2D eigenvalue weighted by Gasteiger charge is 2.25. The van der Waals surface area contributed by atoms with Gasteiger partial charge in [-0.25, -0.2) is 4.79 Å². The number of nitrogens with zero attached hydrogens (tertiary/aromatic N) is 1. The van der Waals surface area contributed by atoms with Gasteiger partial charge >= 0.3 is 17.9 Å². The van der Waals surface area contributed by atoms with E-state index >= 15 is 0 Å². The molecule has 1 N–H and O–H groups in total. The number of hydrogen-bond acceptors (Lipinski definition) is 7. The Kier molecular flexibility index (Phi) is 35.9. The van der Waals surface area contributed by atoms with Gasteiger partial charge < -0.3 is 28.5 Å². The number of quaternary nitrogens is 1. The molecule has 0 aliphatic heterocycles. The zero-order valence-electron chi connectivity index (χ0n) is 35.8. The second-order valence-electron chi connectivity index (χ2n) is 14.9. The van der Waals surface area contributed by atoms with Crippen molar-refractivity contribution in [3.05, 3.63) is 85.1 Å². The Balaban J connectivity index is 4.64. The molecule has 0 aliphatic rings. The fourth-order valence-electron chi connectivity index (χ4n) is 5.09. The van der Waals surface area contributed by atoms with E-state index < -0.39 is 24.3 Å². The maximum atomic E-state index is 12.7. The van der Waals surface area contributed by atoms with Crippen molar-refractivity contribution >= 4 is 17.9 Å². The Morgan fingerprint density at radius 3 is 1.59 bits per heavy atom. The lowest BCUT2D eigenvalue weighted by Gasteiger charge is -2.25. The van der Waals surface area contributed by atoms with E-state index in [1.54, 1.807) is 0 Å². The van der Waals surface area contributed by atoms with Crippen molar-refractivity contribution in [2.24, 2.45) is 0 Å². The van der Waals surface area contributed by atoms with E-state index in [4.69, 9.17) is 18.9 Å². The summed E-state index contributed by atoms with van der Waals surface area (Å²) in [5.41, 5.74) is 0. The first-order chi connectivity index (χ1) is 27.1. The summed E-state index contributed by atoms with van der Waals surface area (Å²) in [6.45, 7) is 4.60. The predicted molar refractivity (Wildman–Crippen MR) is 230 cm³/mol. The lowest BCUT2D eigenvalue weighted by Crippen LogP contribution is -2.40. The summed E-state index contributed by atoms with van der Waals surface area (Å²) in [5.74, 6) is -2.15. The van der Waals surface area contributed by atoms with Gasteiger partial charge in [-0.3, -0.25) is 9.59 Å². The zero-order valence-corrected chi connectivity index (χ0v) is 35.8. The minimum absolute atomic E-state index is 0.129. The van der Waals surface area contributed by atoms with Gasteiger partial charge in [0.2, 0.25) is 0 Å². The summed E-state index contributed by atoms with van der Waals surface area (Å²) in [6, 6.07) is 0. The van der Waals surface area contributed by atoms with Gasteiger partial charge in [-0.05, 0) is 77.0 Å². The molecule has 0 aromatic carbocycles. The molecule has 9 nitrogen and oxygen atoms in total. The van der Waals surface area contributed by atoms with Crippen LogP contribution < -0.4 is 0 Å². The van der Waals surface area contributed by atoms with E-state index in [1.165, 1.54) is 19.3 Å². The molecule has 318 valence electrons. The monoisotopic (exact) mass is 785 g/mol. The molecular weight excluding hydrogens is 707 g/mol. The molecule has 0 spiro atoms. The van der Waals surface area contributed by atoms with Crippen molar-refractivity contribution in [2.45, 2.75) is 148 Å². The highest BCUT2D eigenvalue weighted by Crippen LogP contribution is 2.11. The van der Waals surface area contributed by atoms with Gasteiger partial charge in [0.25, 0.3) is 6.29 Å². The number of allylic oxidation sites excluding steroid dienone is 14. The minimum Gasteiger partial charge on any atom is -0.477 e. The lowest BCUT2D eigenvalue weighted by molar-refractivity contribution is -0.870. The van der Waals surface area contributed by atoms with Crippen LogP contribution in [0, 0.1) is 0 Å². The van der Waals surface area contributed by atoms with E-state index in [1.807, 2.05) is 33.3 Å². The number of carboxylic acids is 1. The number of carboxylic acid groups (broad SMARTS) is 1. The molecule has 2 atom stereocenters. The highest BCUT2D eigenvalue weighted by atomic mass is 16.7. The van der Waals surface area contributed by atoms with E-state index in [0.29, 0.717) is 17.4 Å². The van der Waals surface area contributed by atoms with Gasteiger partial charge in [-0.2, -0.15) is 0 Å². The quantitative estimate of drug-likeness (QED) is 0.0218. The smallest absolute Gasteiger partial charge is 0.361 e. The van der Waals surface area contributed by atoms with Gasteiger partial charge in [0.1, 0.15) is 13.2 Å². The first kappa shape index (κ1) is 52.5. The van der Waals surface area contributed by atoms with Crippen molar-refractivity contribution < 1.29 is 42.9 Å². The molecule has 0 aliphatic carbocycles. The fraction of sp³-hybridized carbons (Fsp3) is 0.638. The summed E-state index contributed by atoms with van der Waals surface area (Å²) < 4.78 is 22.6. The average Bonchev–Trinajstić information content (AvgIpc) is 3.15. The molecule has 0 fully saturated rings. The van der Waals surface area contributed by atoms with Crippen LogP contribution in [0.25, 0.3) is 0 Å². The number of esters is 2. The number of ether oxygens (including phenoxy) is 4. The Bertz CT molecular complexity index is 1190. The Morgan fingerprint density at radius 2 is 1.05 bits per heavy atom. The minimum atomic E-state index is -1.53. The van der Waals surface area contributed by atoms with Gasteiger partial charge in [-0.15, -0.1) is 0 Å². The summed E-state index contributed by atoms with van der Waals surface area (Å²) in [6.07, 6.45) is 45.2. The maximum Gasteiger partial charge on any atom is 0.361 e. The molecule has 0 saturated carbocycles. The maximum absolute atomic E-state index is 12.7. The molecule has 0 aromatic rings. The largest absolute Gasteiger partial charge is 0.477 e. The van der Waals surface area contributed by atoms with Crippen LogP contribution in [-0.2, 0) is 33.3 Å². The molecule has 9 heteroatoms. The van der Waals surface area contributed by atoms with Gasteiger partial charge in [-0.1, -0.05) is 131 Å². The number of aliphatic carboxylic acids is 1. The van der Waals surface area contributed by atoms with E-state index in [9.17, 15) is 19.5 Å². The first-order valence-electron chi connectivity index (χ1n) is 21.3. The summed E-state index contributed by atoms with van der Waals surface area (Å²) in [5, 5.41) is 9.61. The molecule has 0 radical (unpaired) electrons. The van der Waals surface area contributed by atoms with Gasteiger partial charge in [0.05, 0.1) is 34.4 Å². The number of likely N-dealkylation sites (N-methyl/N-ethyl adjacent to an activating group) is 1. The van der Waals surface area contributed by atoms with E-state index in [2.05, 4.69) is 86.8 Å². The third-order valence-electron chi connectivity index (χ3n) is 8.40. The van der Waals surface area contributed by atoms with Crippen molar-refractivity contribution in [3.63, 3.8) is 0 Å². The molecule has 0 amide bonds. The summed E-state index contributed by atoms with van der Waals surface area (Å²) >= 11 is 0. The lowest BCUT2D eigenvalue weighted by atomic mass is 10.1. The Hall–Kier alpha value is -3.53. The molecular formula is C47H78NO8+. The van der Waals surface area contributed by atoms with Crippen LogP contribution in [0.5, 0.6) is 0 Å². The molecule has 2 unspecified atom stereocenters. The Morgan fingerprint density at radius 1 is 0.554 bits per heavy atom. The van der Waals surface area contributed by atoms with Crippen molar-refractivity contribution in [2.75, 3.05) is 47.5 Å². The second kappa shape index (κ2) is 38.3. The fourth-order valence-corrected chi connectivity index (χ4v) is 5.09. The third kappa shape index (κ3) is 38.7. The van der Waals surface area contributed by atoms with Crippen LogP contribution in [-0.4, -0.2) is 87.4 Å². The van der Waals surface area contributed by atoms with E-state index in [0.717, 1.165) is 83.5 Å². The SMILES string of the molecule is CC/C=C\C/C=C\C/C=C\C/C=C\C/C=C\C/C=C\CCC(=O)OC(COC(=O)CCCCCCC/C=C\CCCCC)COC(OCC[N+](C)(C)C)C(=O)O. The predicted octanol–water partition coefficient (Wildman–Crippen LogP) is 10.9. The van der Waals surface area contributed by atoms with Crippen LogP contribution in [0.15, 0.2) is 85.1 Å².